The Labute approximate surface area is 112 Å². The van der Waals surface area contributed by atoms with Crippen LogP contribution in [0.3, 0.4) is 0 Å². The van der Waals surface area contributed by atoms with Gasteiger partial charge in [-0.3, -0.25) is 20.8 Å². The van der Waals surface area contributed by atoms with E-state index in [1.54, 1.807) is 0 Å². The molecule has 5 N–H and O–H groups in total. The highest BCUT2D eigenvalue weighted by Crippen LogP contribution is 2.10. The fraction of sp³-hybridized carbons (Fsp3) is 0.300. The molecule has 0 heterocycles. The van der Waals surface area contributed by atoms with Crippen molar-refractivity contribution in [3.63, 3.8) is 0 Å². The fourth-order valence-electron chi connectivity index (χ4n) is 1.46. The molecule has 20 heavy (non-hydrogen) atoms. The quantitative estimate of drug-likeness (QED) is 0.424. The third-order valence-electron chi connectivity index (χ3n) is 2.28. The molecule has 10 nitrogen and oxygen atoms in total. The van der Waals surface area contributed by atoms with Crippen LogP contribution in [0, 0.1) is 0 Å². The fourth-order valence-corrected chi connectivity index (χ4v) is 1.46. The number of benzene rings is 1. The topological polar surface area (TPSA) is 143 Å². The molecule has 0 saturated carbocycles. The van der Waals surface area contributed by atoms with Gasteiger partial charge in [-0.05, 0) is 17.7 Å². The summed E-state index contributed by atoms with van der Waals surface area (Å²) in [6.07, 6.45) is -0.854. The van der Waals surface area contributed by atoms with E-state index in [4.69, 9.17) is 25.9 Å². The zero-order valence-corrected chi connectivity index (χ0v) is 10.2. The van der Waals surface area contributed by atoms with Crippen LogP contribution in [-0.4, -0.2) is 55.4 Å². The molecule has 0 aliphatic carbocycles. The first-order chi connectivity index (χ1) is 9.38. The average molecular weight is 290 g/mol. The van der Waals surface area contributed by atoms with Crippen molar-refractivity contribution in [2.75, 3.05) is 6.61 Å². The van der Waals surface area contributed by atoms with Gasteiger partial charge in [0, 0.05) is 6.42 Å². The predicted octanol–water partition coefficient (Wildman–Crippen LogP) is 0.320. The van der Waals surface area contributed by atoms with E-state index in [0.717, 1.165) is 0 Å². The van der Waals surface area contributed by atoms with Crippen LogP contribution in [0.15, 0.2) is 24.3 Å². The van der Waals surface area contributed by atoms with E-state index in [-0.39, 0.29) is 12.0 Å². The molecule has 0 amide bonds. The summed E-state index contributed by atoms with van der Waals surface area (Å²) in [6, 6.07) is 5.76. The summed E-state index contributed by atoms with van der Waals surface area (Å²) in [4.78, 5) is 19.5. The van der Waals surface area contributed by atoms with Crippen molar-refractivity contribution in [1.82, 2.24) is 10.8 Å². The highest BCUT2D eigenvalue weighted by Gasteiger charge is 2.16. The molecule has 10 heteroatoms. The van der Waals surface area contributed by atoms with Gasteiger partial charge in [-0.15, -0.1) is 0 Å². The number of aromatic carboxylic acids is 1. The molecular weight excluding hydrogens is 276 g/mol. The summed E-state index contributed by atoms with van der Waals surface area (Å²) in [6.45, 7) is -0.398. The first-order valence-electron chi connectivity index (χ1n) is 5.36. The summed E-state index contributed by atoms with van der Waals surface area (Å²) < 4.78 is 0. The van der Waals surface area contributed by atoms with E-state index in [9.17, 15) is 4.79 Å². The van der Waals surface area contributed by atoms with Crippen LogP contribution in [0.25, 0.3) is 0 Å². The average Bonchev–Trinajstić information content (AvgIpc) is 2.36. The zero-order valence-electron chi connectivity index (χ0n) is 10.2. The lowest BCUT2D eigenvalue weighted by Crippen LogP contribution is -2.32. The second-order valence-corrected chi connectivity index (χ2v) is 3.73. The lowest BCUT2D eigenvalue weighted by atomic mass is 10.1. The van der Waals surface area contributed by atoms with E-state index in [1.807, 2.05) is 0 Å². The van der Waals surface area contributed by atoms with Gasteiger partial charge in [0.15, 0.2) is 0 Å². The van der Waals surface area contributed by atoms with Gasteiger partial charge in [0.25, 0.3) is 0 Å². The summed E-state index contributed by atoms with van der Waals surface area (Å²) in [5, 5.41) is 41.6. The van der Waals surface area contributed by atoms with Crippen molar-refractivity contribution < 1.29 is 40.4 Å². The normalized spacial score (nSPS) is 12.9. The SMILES string of the molecule is O=C(O)c1ccc(CC(CON(O)O)ON(O)O)cc1. The Hall–Kier alpha value is -1.63. The number of carboxylic acids is 1. The van der Waals surface area contributed by atoms with Gasteiger partial charge in [0.05, 0.1) is 16.3 Å². The maximum Gasteiger partial charge on any atom is 0.335 e. The van der Waals surface area contributed by atoms with Crippen molar-refractivity contribution >= 4 is 5.97 Å². The van der Waals surface area contributed by atoms with Crippen LogP contribution in [0.5, 0.6) is 0 Å². The first kappa shape index (κ1) is 16.4. The minimum Gasteiger partial charge on any atom is -0.478 e. The summed E-state index contributed by atoms with van der Waals surface area (Å²) in [7, 11) is 0. The van der Waals surface area contributed by atoms with Crippen LogP contribution in [0.1, 0.15) is 15.9 Å². The van der Waals surface area contributed by atoms with Crippen LogP contribution < -0.4 is 0 Å². The molecule has 1 rings (SSSR count). The Morgan fingerprint density at radius 1 is 1.10 bits per heavy atom. The molecule has 1 atom stereocenters. The van der Waals surface area contributed by atoms with Crippen LogP contribution in [0.4, 0.5) is 0 Å². The van der Waals surface area contributed by atoms with Crippen molar-refractivity contribution in [3.05, 3.63) is 35.4 Å². The predicted molar refractivity (Wildman–Crippen MR) is 58.8 cm³/mol. The highest BCUT2D eigenvalue weighted by atomic mass is 17.1. The molecule has 0 fully saturated rings. The first-order valence-corrected chi connectivity index (χ1v) is 5.36. The Kier molecular flexibility index (Phi) is 6.44. The molecule has 0 aliphatic rings. The van der Waals surface area contributed by atoms with Crippen molar-refractivity contribution in [3.8, 4) is 0 Å². The van der Waals surface area contributed by atoms with Gasteiger partial charge < -0.3 is 5.11 Å². The lowest BCUT2D eigenvalue weighted by molar-refractivity contribution is -0.526. The smallest absolute Gasteiger partial charge is 0.335 e. The molecule has 1 aromatic carbocycles. The summed E-state index contributed by atoms with van der Waals surface area (Å²) in [5.74, 6) is -1.07. The molecular formula is C10H14N2O8. The van der Waals surface area contributed by atoms with Gasteiger partial charge in [-0.25, -0.2) is 14.5 Å². The van der Waals surface area contributed by atoms with Crippen molar-refractivity contribution in [2.24, 2.45) is 0 Å². The maximum absolute atomic E-state index is 10.7. The second kappa shape index (κ2) is 7.84. The number of rotatable bonds is 8. The standard InChI is InChI=1S/C10H14N2O8/c13-10(14)8-3-1-7(2-4-8)5-9(20-12(17)18)6-19-11(15)16/h1-4,9,15-18H,5-6H2,(H,13,14). The molecule has 0 bridgehead atoms. The third kappa shape index (κ3) is 6.01. The molecule has 1 unspecified atom stereocenters. The second-order valence-electron chi connectivity index (χ2n) is 3.73. The Bertz CT molecular complexity index is 422. The molecule has 0 aliphatic heterocycles. The number of hydrogen-bond donors (Lipinski definition) is 5. The number of carbonyl (C=O) groups is 1. The van der Waals surface area contributed by atoms with Crippen molar-refractivity contribution in [1.29, 1.82) is 0 Å². The minimum atomic E-state index is -1.07. The summed E-state index contributed by atoms with van der Waals surface area (Å²) >= 11 is 0. The van der Waals surface area contributed by atoms with Crippen LogP contribution >= 0.6 is 0 Å². The van der Waals surface area contributed by atoms with E-state index in [2.05, 4.69) is 9.68 Å². The number of hydrogen-bond acceptors (Lipinski definition) is 9. The summed E-state index contributed by atoms with van der Waals surface area (Å²) in [5.41, 5.74) is 0.721. The van der Waals surface area contributed by atoms with Gasteiger partial charge in [0.2, 0.25) is 0 Å². The monoisotopic (exact) mass is 290 g/mol. The molecule has 112 valence electrons. The van der Waals surface area contributed by atoms with Gasteiger partial charge in [-0.1, -0.05) is 12.1 Å². The van der Waals surface area contributed by atoms with Crippen LogP contribution in [0.2, 0.25) is 0 Å². The largest absolute Gasteiger partial charge is 0.478 e. The molecule has 0 radical (unpaired) electrons. The Morgan fingerprint density at radius 3 is 2.15 bits per heavy atom. The molecule has 0 aromatic heterocycles. The Balaban J connectivity index is 2.65. The lowest BCUT2D eigenvalue weighted by Gasteiger charge is -2.19. The number of nitrogens with zero attached hydrogens (tertiary/aromatic N) is 2. The molecule has 0 spiro atoms. The van der Waals surface area contributed by atoms with Gasteiger partial charge in [0.1, 0.15) is 12.7 Å². The Morgan fingerprint density at radius 2 is 1.70 bits per heavy atom. The van der Waals surface area contributed by atoms with E-state index in [0.29, 0.717) is 5.56 Å². The zero-order chi connectivity index (χ0) is 15.1. The van der Waals surface area contributed by atoms with E-state index >= 15 is 0 Å². The van der Waals surface area contributed by atoms with Gasteiger partial charge >= 0.3 is 5.97 Å². The maximum atomic E-state index is 10.7. The highest BCUT2D eigenvalue weighted by molar-refractivity contribution is 5.87. The minimum absolute atomic E-state index is 0.102. The van der Waals surface area contributed by atoms with Crippen LogP contribution in [-0.2, 0) is 16.1 Å². The van der Waals surface area contributed by atoms with E-state index < -0.39 is 29.5 Å². The third-order valence-corrected chi connectivity index (χ3v) is 2.28. The molecule has 0 saturated heterocycles. The van der Waals surface area contributed by atoms with E-state index in [1.165, 1.54) is 24.3 Å². The number of carboxylic acid groups (broad SMARTS) is 1. The molecule has 1 aromatic rings. The van der Waals surface area contributed by atoms with Crippen molar-refractivity contribution in [2.45, 2.75) is 12.5 Å². The van der Waals surface area contributed by atoms with Gasteiger partial charge in [-0.2, -0.15) is 0 Å².